The number of para-hydroxylation sites is 1. The third-order valence-corrected chi connectivity index (χ3v) is 24.2. The van der Waals surface area contributed by atoms with E-state index in [0.717, 1.165) is 118 Å². The topological polar surface area (TPSA) is 398 Å². The van der Waals surface area contributed by atoms with E-state index in [4.69, 9.17) is 25.8 Å². The van der Waals surface area contributed by atoms with E-state index in [1.54, 1.807) is 27.4 Å². The van der Waals surface area contributed by atoms with E-state index < -0.39 is 0 Å². The lowest BCUT2D eigenvalue weighted by molar-refractivity contribution is 0.131. The van der Waals surface area contributed by atoms with Crippen molar-refractivity contribution < 1.29 is 14.2 Å². The Kier molecular flexibility index (Phi) is 29.6. The van der Waals surface area contributed by atoms with Crippen molar-refractivity contribution in [2.24, 2.45) is 0 Å². The van der Waals surface area contributed by atoms with E-state index in [1.165, 1.54) is 80.2 Å². The molecule has 0 saturated carbocycles. The first-order chi connectivity index (χ1) is 67.1. The van der Waals surface area contributed by atoms with Crippen LogP contribution in [0.15, 0.2) is 261 Å². The number of halogens is 1. The molecule has 139 heavy (non-hydrogen) atoms. The number of aryl methyl sites for hydroxylation is 6. The number of aromatic amines is 5. The Labute approximate surface area is 804 Å². The summed E-state index contributed by atoms with van der Waals surface area (Å²) in [6, 6.07) is 74.3. The number of ether oxygens (including phenoxy) is 3. The summed E-state index contributed by atoms with van der Waals surface area (Å²) >= 11 is 6.17. The summed E-state index contributed by atoms with van der Waals surface area (Å²) in [7, 11) is 4.87. The molecule has 34 nitrogen and oxygen atoms in total. The second-order valence-corrected chi connectivity index (χ2v) is 35.0. The predicted octanol–water partition coefficient (Wildman–Crippen LogP) is 16.1. The van der Waals surface area contributed by atoms with Gasteiger partial charge in [0.05, 0.1) is 76.0 Å². The predicted molar refractivity (Wildman–Crippen MR) is 544 cm³/mol. The number of hydrogen-bond donors (Lipinski definition) is 9. The maximum Gasteiger partial charge on any atom is 0.274 e. The van der Waals surface area contributed by atoms with Crippen molar-refractivity contribution in [3.05, 3.63) is 361 Å². The highest BCUT2D eigenvalue weighted by Gasteiger charge is 2.22. The van der Waals surface area contributed by atoms with Gasteiger partial charge in [-0.05, 0) is 201 Å². The molecule has 1 fully saturated rings. The van der Waals surface area contributed by atoms with Crippen LogP contribution < -0.4 is 63.3 Å². The van der Waals surface area contributed by atoms with Crippen LogP contribution in [-0.4, -0.2) is 162 Å². The van der Waals surface area contributed by atoms with Crippen molar-refractivity contribution in [3.8, 4) is 74.2 Å². The minimum Gasteiger partial charge on any atom is -0.497 e. The standard InChI is InChI=1S/C23H24ClN5O.C22H23N5O.C21H21N5O2.C19H24N6O2.C19H17N5O2/c1-14-5-10-17(11-19(14)24)25-13-18-12-20(30)29-22(26-18)27-21(28-29)15-6-8-16(9-7-15)23(2,3)4;1-4-16-6-9-18(10-7-16)23-13-19-12-20(28)27-22(24-19)25-21(26-27)17-8-5-14(2)15(3)11-17;1-13-7-8-15(9-14(13)2)20-24-21-23-17(11-19(27)26(21)25-20)12-22-16-5-4-6-18(10-16)28-3;1-3-23-8-10-24(11-9-23)13-15-12-17(26)25-19(20-15)21-18(22-25)14-4-6-16(27-2)7-5-14;1-26-16-9-7-13(8-10-16)18-22-19-21-15(11-17(25)24(19)23-18)12-20-14-5-3-2-4-6-14/h5-12,25H,13H2,1-4H3,(H,26,27,28);5-12,23H,4,13H2,1-3H3,(H,24,25,26);4-11,22H,12H2,1-3H3,(H,23,24,25);4-7,12H,3,8-11,13H2,1-2H3,(H,20,21,22);2-11,20H,12H2,1H3,(H,21,22,23). The van der Waals surface area contributed by atoms with Crippen LogP contribution >= 0.6 is 11.6 Å². The van der Waals surface area contributed by atoms with Crippen molar-refractivity contribution in [1.82, 2.24) is 108 Å². The molecule has 20 rings (SSSR count). The molecule has 0 atom stereocenters. The van der Waals surface area contributed by atoms with E-state index in [-0.39, 0.29) is 33.2 Å². The molecule has 1 saturated heterocycles. The van der Waals surface area contributed by atoms with Gasteiger partial charge >= 0.3 is 0 Å². The van der Waals surface area contributed by atoms with Gasteiger partial charge in [0.25, 0.3) is 56.7 Å². The number of H-pyrrole nitrogens is 5. The second kappa shape index (κ2) is 43.0. The molecule has 9 aromatic carbocycles. The van der Waals surface area contributed by atoms with Crippen LogP contribution in [0.2, 0.25) is 5.02 Å². The van der Waals surface area contributed by atoms with Crippen molar-refractivity contribution in [2.75, 3.05) is 75.3 Å². The molecule has 0 aliphatic carbocycles. The van der Waals surface area contributed by atoms with Crippen molar-refractivity contribution in [1.29, 1.82) is 0 Å². The Hall–Kier alpha value is -16.5. The Morgan fingerprint density at radius 2 is 0.655 bits per heavy atom. The lowest BCUT2D eigenvalue weighted by atomic mass is 9.87. The molecule has 0 spiro atoms. The fourth-order valence-corrected chi connectivity index (χ4v) is 15.4. The normalized spacial score (nSPS) is 12.1. The highest BCUT2D eigenvalue weighted by molar-refractivity contribution is 6.31. The third-order valence-electron chi connectivity index (χ3n) is 23.8. The summed E-state index contributed by atoms with van der Waals surface area (Å²) in [5.41, 5.74) is 18.9. The Morgan fingerprint density at radius 1 is 0.324 bits per heavy atom. The van der Waals surface area contributed by atoms with Crippen LogP contribution in [0.5, 0.6) is 17.2 Å². The number of fused-ring (bicyclic) bond motifs is 5. The second-order valence-electron chi connectivity index (χ2n) is 34.6. The molecule has 35 heteroatoms. The van der Waals surface area contributed by atoms with Crippen molar-refractivity contribution >= 4 is 63.2 Å². The summed E-state index contributed by atoms with van der Waals surface area (Å²) in [6.07, 6.45) is 1.01. The van der Waals surface area contributed by atoms with Crippen molar-refractivity contribution in [3.63, 3.8) is 0 Å². The molecule has 0 unspecified atom stereocenters. The van der Waals surface area contributed by atoms with E-state index in [0.29, 0.717) is 119 Å². The van der Waals surface area contributed by atoms with Gasteiger partial charge in [0.15, 0.2) is 29.1 Å². The van der Waals surface area contributed by atoms with Gasteiger partial charge in [0.1, 0.15) is 17.2 Å². The van der Waals surface area contributed by atoms with Gasteiger partial charge in [-0.25, -0.2) is 24.9 Å². The maximum atomic E-state index is 12.5. The summed E-state index contributed by atoms with van der Waals surface area (Å²) in [4.78, 5) is 112. The molecular weight excluding hydrogens is 1780 g/mol. The minimum absolute atomic E-state index is 0.0779. The van der Waals surface area contributed by atoms with Crippen LogP contribution in [-0.2, 0) is 44.6 Å². The van der Waals surface area contributed by atoms with Crippen LogP contribution in [0.3, 0.4) is 0 Å². The number of hydrogen-bond acceptors (Lipinski definition) is 24. The Balaban J connectivity index is 0.000000126. The van der Waals surface area contributed by atoms with Crippen LogP contribution in [0.1, 0.15) is 102 Å². The van der Waals surface area contributed by atoms with E-state index >= 15 is 0 Å². The first-order valence-corrected chi connectivity index (χ1v) is 46.0. The molecule has 10 aromatic heterocycles. The Bertz CT molecular complexity index is 7860. The van der Waals surface area contributed by atoms with Crippen LogP contribution in [0.25, 0.3) is 85.8 Å². The van der Waals surface area contributed by atoms with Gasteiger partial charge in [0.2, 0.25) is 0 Å². The Morgan fingerprint density at radius 3 is 1.03 bits per heavy atom. The molecule has 0 amide bonds. The number of rotatable bonds is 24. The third kappa shape index (κ3) is 23.7. The average molecular weight is 1890 g/mol. The molecule has 710 valence electrons. The zero-order valence-corrected chi connectivity index (χ0v) is 80.3. The highest BCUT2D eigenvalue weighted by atomic mass is 35.5. The molecule has 9 N–H and O–H groups in total. The number of likely N-dealkylation sites (N-methyl/N-ethyl adjacent to an activating group) is 1. The lowest BCUT2D eigenvalue weighted by Crippen LogP contribution is -2.45. The molecule has 0 bridgehead atoms. The van der Waals surface area contributed by atoms with Gasteiger partial charge in [-0.3, -0.25) is 54.4 Å². The zero-order valence-electron chi connectivity index (χ0n) is 79.5. The first-order valence-electron chi connectivity index (χ1n) is 45.6. The van der Waals surface area contributed by atoms with Crippen LogP contribution in [0.4, 0.5) is 22.7 Å². The van der Waals surface area contributed by atoms with Gasteiger partial charge in [-0.1, -0.05) is 137 Å². The average Bonchev–Trinajstić information content (AvgIpc) is 1.67. The number of nitrogens with one attached hydrogen (secondary N) is 9. The summed E-state index contributed by atoms with van der Waals surface area (Å²) in [5.74, 6) is 7.14. The number of aromatic nitrogens is 20. The number of methoxy groups -OCH3 is 3. The molecule has 19 aromatic rings. The number of nitrogens with zero attached hydrogens (tertiary/aromatic N) is 17. The van der Waals surface area contributed by atoms with Crippen LogP contribution in [0, 0.1) is 34.6 Å². The highest BCUT2D eigenvalue weighted by Crippen LogP contribution is 2.29. The number of piperazine rings is 1. The molecule has 1 aliphatic heterocycles. The fraction of sp³-hybridized carbons (Fsp3) is 0.240. The summed E-state index contributed by atoms with van der Waals surface area (Å²) in [5, 5.41) is 28.9. The van der Waals surface area contributed by atoms with Gasteiger partial charge in [-0.15, -0.1) is 0 Å². The molecule has 0 radical (unpaired) electrons. The van der Waals surface area contributed by atoms with Gasteiger partial charge < -0.3 is 40.4 Å². The van der Waals surface area contributed by atoms with Crippen molar-refractivity contribution in [2.45, 2.75) is 114 Å². The largest absolute Gasteiger partial charge is 0.497 e. The van der Waals surface area contributed by atoms with Gasteiger partial charge in [0, 0.05) is 125 Å². The number of anilines is 4. The van der Waals surface area contributed by atoms with E-state index in [1.807, 2.05) is 190 Å². The summed E-state index contributed by atoms with van der Waals surface area (Å²) in [6.45, 7) is 28.6. The molecular formula is C104H109ClN26O8. The van der Waals surface area contributed by atoms with E-state index in [9.17, 15) is 24.0 Å². The first kappa shape index (κ1) is 95.7. The summed E-state index contributed by atoms with van der Waals surface area (Å²) < 4.78 is 22.4. The van der Waals surface area contributed by atoms with E-state index in [2.05, 4.69) is 192 Å². The zero-order chi connectivity index (χ0) is 97.5. The minimum atomic E-state index is -0.205. The fourth-order valence-electron chi connectivity index (χ4n) is 15.2. The smallest absolute Gasteiger partial charge is 0.274 e. The lowest BCUT2D eigenvalue weighted by Gasteiger charge is -2.33. The number of benzene rings is 9. The maximum absolute atomic E-state index is 12.5. The molecule has 1 aliphatic rings. The molecule has 11 heterocycles. The monoisotopic (exact) mass is 1880 g/mol. The SMILES string of the molecule is CCN1CCN(Cc2cc(=O)n3[nH]c(-c4ccc(OC)cc4)nc3n2)CC1.CCc1ccc(NCc2cc(=O)n3[nH]c(-c4ccc(C)c(C)c4)nc3n2)cc1.COc1ccc(-c2nc3nc(CNc4ccccc4)cc(=O)n3[nH]2)cc1.COc1cccc(NCc2cc(=O)n3[nH]c(-c4ccc(C)c(C)c4)nc3n2)c1.Cc1ccc(NCc2cc(=O)n3[nH]c(-c4ccc(C(C)(C)C)cc4)nc3n2)cc1Cl. The van der Waals surface area contributed by atoms with Gasteiger partial charge in [-0.2, -0.15) is 47.5 Å². The quantitative estimate of drug-likeness (QED) is 0.0271.